The zero-order chi connectivity index (χ0) is 17.7. The summed E-state index contributed by atoms with van der Waals surface area (Å²) in [5.74, 6) is -1.57. The van der Waals surface area contributed by atoms with Gasteiger partial charge in [-0.05, 0) is 19.1 Å². The van der Waals surface area contributed by atoms with Gasteiger partial charge in [0.05, 0.1) is 17.2 Å². The topological polar surface area (TPSA) is 119 Å². The highest BCUT2D eigenvalue weighted by molar-refractivity contribution is 5.97. The second-order valence-electron chi connectivity index (χ2n) is 4.90. The molecule has 0 unspecified atom stereocenters. The number of fused-ring (bicyclic) bond motifs is 1. The van der Waals surface area contributed by atoms with Crippen molar-refractivity contribution < 1.29 is 19.1 Å². The fourth-order valence-corrected chi connectivity index (χ4v) is 1.92. The summed E-state index contributed by atoms with van der Waals surface area (Å²) in [4.78, 5) is 50.9. The molecule has 2 rings (SSSR count). The number of esters is 1. The van der Waals surface area contributed by atoms with E-state index in [1.165, 1.54) is 20.3 Å². The molecule has 1 heterocycles. The summed E-state index contributed by atoms with van der Waals surface area (Å²) in [5, 5.41) is 4.56. The van der Waals surface area contributed by atoms with Crippen LogP contribution in [0.15, 0.2) is 35.4 Å². The Morgan fingerprint density at radius 3 is 2.71 bits per heavy atom. The molecule has 126 valence electrons. The largest absolute Gasteiger partial charge is 0.451 e. The number of urea groups is 1. The summed E-state index contributed by atoms with van der Waals surface area (Å²) in [5.41, 5.74) is 0.130. The molecule has 0 aliphatic heterocycles. The zero-order valence-electron chi connectivity index (χ0n) is 13.1. The fourth-order valence-electron chi connectivity index (χ4n) is 1.92. The summed E-state index contributed by atoms with van der Waals surface area (Å²) < 4.78 is 6.00. The molecule has 2 N–H and O–H groups in total. The molecule has 9 nitrogen and oxygen atoms in total. The summed E-state index contributed by atoms with van der Waals surface area (Å²) in [6, 6.07) is 6.02. The van der Waals surface area contributed by atoms with E-state index >= 15 is 0 Å². The number of nitrogens with one attached hydrogen (secondary N) is 2. The lowest BCUT2D eigenvalue weighted by Crippen LogP contribution is -2.43. The number of aromatic nitrogens is 2. The van der Waals surface area contributed by atoms with E-state index in [1.807, 2.05) is 5.32 Å². The number of para-hydroxylation sites is 1. The molecule has 0 saturated carbocycles. The Hall–Kier alpha value is -3.23. The Labute approximate surface area is 136 Å². The van der Waals surface area contributed by atoms with E-state index in [0.29, 0.717) is 10.9 Å². The smallest absolute Gasteiger partial charge is 0.326 e. The Morgan fingerprint density at radius 2 is 2.00 bits per heavy atom. The predicted octanol–water partition coefficient (Wildman–Crippen LogP) is -0.216. The molecule has 0 bridgehead atoms. The Morgan fingerprint density at radius 1 is 1.29 bits per heavy atom. The van der Waals surface area contributed by atoms with Crippen LogP contribution in [0, 0.1) is 0 Å². The van der Waals surface area contributed by atoms with Gasteiger partial charge in [-0.25, -0.2) is 9.78 Å². The SMILES string of the molecule is CNC(=O)NC(=O)[C@H](C)OC(=O)Cn1cnc2ccccc2c1=O. The van der Waals surface area contributed by atoms with Gasteiger partial charge in [-0.3, -0.25) is 24.3 Å². The number of carbonyl (C=O) groups is 3. The van der Waals surface area contributed by atoms with Crippen molar-refractivity contribution in [2.75, 3.05) is 7.05 Å². The first kappa shape index (κ1) is 17.1. The average Bonchev–Trinajstić information content (AvgIpc) is 2.57. The maximum atomic E-state index is 12.3. The Balaban J connectivity index is 2.05. The minimum Gasteiger partial charge on any atom is -0.451 e. The van der Waals surface area contributed by atoms with Crippen molar-refractivity contribution in [3.05, 3.63) is 40.9 Å². The molecule has 1 aromatic heterocycles. The van der Waals surface area contributed by atoms with Crippen LogP contribution in [0.4, 0.5) is 4.79 Å². The number of carbonyl (C=O) groups excluding carboxylic acids is 3. The first-order chi connectivity index (χ1) is 11.4. The Kier molecular flexibility index (Phi) is 5.25. The lowest BCUT2D eigenvalue weighted by atomic mass is 10.2. The van der Waals surface area contributed by atoms with E-state index < -0.39 is 30.6 Å². The minimum atomic E-state index is -1.18. The van der Waals surface area contributed by atoms with Crippen molar-refractivity contribution in [3.8, 4) is 0 Å². The first-order valence-electron chi connectivity index (χ1n) is 7.08. The average molecular weight is 332 g/mol. The molecule has 3 amide bonds. The molecule has 9 heteroatoms. The third kappa shape index (κ3) is 3.94. The molecule has 2 aromatic rings. The van der Waals surface area contributed by atoms with Crippen molar-refractivity contribution in [2.24, 2.45) is 0 Å². The number of nitrogens with zero attached hydrogens (tertiary/aromatic N) is 2. The van der Waals surface area contributed by atoms with Gasteiger partial charge in [0, 0.05) is 7.05 Å². The van der Waals surface area contributed by atoms with Gasteiger partial charge in [-0.15, -0.1) is 0 Å². The quantitative estimate of drug-likeness (QED) is 0.747. The maximum absolute atomic E-state index is 12.3. The number of amides is 3. The van der Waals surface area contributed by atoms with E-state index in [4.69, 9.17) is 4.74 Å². The van der Waals surface area contributed by atoms with Gasteiger partial charge >= 0.3 is 12.0 Å². The fraction of sp³-hybridized carbons (Fsp3) is 0.267. The molecule has 1 atom stereocenters. The standard InChI is InChI=1S/C15H16N4O5/c1-9(13(21)18-15(23)16-2)24-12(20)7-19-8-17-11-6-4-3-5-10(11)14(19)22/h3-6,8-9H,7H2,1-2H3,(H2,16,18,21,23)/t9-/m0/s1. The van der Waals surface area contributed by atoms with Gasteiger partial charge in [0.25, 0.3) is 11.5 Å². The summed E-state index contributed by atoms with van der Waals surface area (Å²) in [7, 11) is 1.35. The van der Waals surface area contributed by atoms with E-state index in [1.54, 1.807) is 24.3 Å². The van der Waals surface area contributed by atoms with Crippen LogP contribution in [0.2, 0.25) is 0 Å². The summed E-state index contributed by atoms with van der Waals surface area (Å²) in [6.07, 6.45) is 0.0557. The number of rotatable bonds is 4. The van der Waals surface area contributed by atoms with Crippen LogP contribution >= 0.6 is 0 Å². The molecule has 0 spiro atoms. The third-order valence-electron chi connectivity index (χ3n) is 3.17. The van der Waals surface area contributed by atoms with E-state index in [-0.39, 0.29) is 5.56 Å². The zero-order valence-corrected chi connectivity index (χ0v) is 13.1. The molecular formula is C15H16N4O5. The summed E-state index contributed by atoms with van der Waals surface area (Å²) in [6.45, 7) is 0.922. The number of hydrogen-bond donors (Lipinski definition) is 2. The van der Waals surface area contributed by atoms with Gasteiger partial charge in [0.2, 0.25) is 0 Å². The normalized spacial score (nSPS) is 11.6. The highest BCUT2D eigenvalue weighted by Gasteiger charge is 2.20. The second kappa shape index (κ2) is 7.36. The highest BCUT2D eigenvalue weighted by Crippen LogP contribution is 2.04. The van der Waals surface area contributed by atoms with E-state index in [0.717, 1.165) is 4.57 Å². The van der Waals surface area contributed by atoms with E-state index in [2.05, 4.69) is 10.3 Å². The molecule has 0 aliphatic rings. The Bertz CT molecular complexity index is 845. The van der Waals surface area contributed by atoms with Crippen LogP contribution in [-0.4, -0.2) is 40.6 Å². The van der Waals surface area contributed by atoms with Gasteiger partial charge < -0.3 is 10.1 Å². The lowest BCUT2D eigenvalue weighted by molar-refractivity contribution is -0.155. The maximum Gasteiger partial charge on any atom is 0.326 e. The van der Waals surface area contributed by atoms with Crippen LogP contribution < -0.4 is 16.2 Å². The number of imide groups is 1. The van der Waals surface area contributed by atoms with Crippen LogP contribution in [-0.2, 0) is 20.9 Å². The number of hydrogen-bond acceptors (Lipinski definition) is 6. The predicted molar refractivity (Wildman–Crippen MR) is 84.2 cm³/mol. The van der Waals surface area contributed by atoms with Crippen LogP contribution in [0.5, 0.6) is 0 Å². The molecule has 0 fully saturated rings. The van der Waals surface area contributed by atoms with Gasteiger partial charge in [0.1, 0.15) is 6.54 Å². The van der Waals surface area contributed by atoms with Crippen molar-refractivity contribution >= 4 is 28.8 Å². The van der Waals surface area contributed by atoms with Crippen molar-refractivity contribution in [3.63, 3.8) is 0 Å². The second-order valence-corrected chi connectivity index (χ2v) is 4.90. The van der Waals surface area contributed by atoms with Gasteiger partial charge in [-0.2, -0.15) is 0 Å². The van der Waals surface area contributed by atoms with Crippen LogP contribution in [0.25, 0.3) is 10.9 Å². The highest BCUT2D eigenvalue weighted by atomic mass is 16.5. The molecule has 0 saturated heterocycles. The van der Waals surface area contributed by atoms with Crippen LogP contribution in [0.3, 0.4) is 0 Å². The molecular weight excluding hydrogens is 316 g/mol. The first-order valence-corrected chi connectivity index (χ1v) is 7.08. The molecule has 1 aromatic carbocycles. The third-order valence-corrected chi connectivity index (χ3v) is 3.17. The van der Waals surface area contributed by atoms with Gasteiger partial charge in [-0.1, -0.05) is 12.1 Å². The van der Waals surface area contributed by atoms with Crippen molar-refractivity contribution in [1.29, 1.82) is 0 Å². The van der Waals surface area contributed by atoms with Crippen molar-refractivity contribution in [1.82, 2.24) is 20.2 Å². The minimum absolute atomic E-state index is 0.373. The van der Waals surface area contributed by atoms with Gasteiger partial charge in [0.15, 0.2) is 6.10 Å². The molecule has 0 aliphatic carbocycles. The van der Waals surface area contributed by atoms with Crippen LogP contribution in [0.1, 0.15) is 6.92 Å². The molecule has 0 radical (unpaired) electrons. The monoisotopic (exact) mass is 332 g/mol. The van der Waals surface area contributed by atoms with Crippen molar-refractivity contribution in [2.45, 2.75) is 19.6 Å². The number of benzene rings is 1. The van der Waals surface area contributed by atoms with E-state index in [9.17, 15) is 19.2 Å². The summed E-state index contributed by atoms with van der Waals surface area (Å²) >= 11 is 0. The lowest BCUT2D eigenvalue weighted by Gasteiger charge is -2.13. The number of ether oxygens (including phenoxy) is 1. The molecule has 24 heavy (non-hydrogen) atoms.